The summed E-state index contributed by atoms with van der Waals surface area (Å²) in [6, 6.07) is 9.39. The lowest BCUT2D eigenvalue weighted by Crippen LogP contribution is -2.39. The molecule has 0 saturated heterocycles. The first kappa shape index (κ1) is 16.7. The molecular formula is C19H24N2O3. The number of carbonyl (C=O) groups excluding carboxylic acids is 1. The number of amides is 1. The molecule has 1 aromatic heterocycles. The van der Waals surface area contributed by atoms with Gasteiger partial charge in [-0.1, -0.05) is 49.6 Å². The Balaban J connectivity index is 1.59. The summed E-state index contributed by atoms with van der Waals surface area (Å²) in [6.07, 6.45) is 6.32. The van der Waals surface area contributed by atoms with Crippen molar-refractivity contribution in [3.8, 4) is 11.3 Å². The van der Waals surface area contributed by atoms with Crippen LogP contribution in [0.15, 0.2) is 40.9 Å². The van der Waals surface area contributed by atoms with Crippen LogP contribution in [-0.2, 0) is 4.79 Å². The van der Waals surface area contributed by atoms with Gasteiger partial charge in [-0.25, -0.2) is 4.98 Å². The van der Waals surface area contributed by atoms with Crippen molar-refractivity contribution in [2.75, 3.05) is 0 Å². The molecule has 128 valence electrons. The summed E-state index contributed by atoms with van der Waals surface area (Å²) in [7, 11) is 0. The van der Waals surface area contributed by atoms with Crippen molar-refractivity contribution in [2.24, 2.45) is 0 Å². The van der Waals surface area contributed by atoms with Crippen LogP contribution >= 0.6 is 0 Å². The molecule has 5 nitrogen and oxygen atoms in total. The lowest BCUT2D eigenvalue weighted by atomic mass is 9.82. The van der Waals surface area contributed by atoms with E-state index in [1.54, 1.807) is 6.20 Å². The van der Waals surface area contributed by atoms with Crippen molar-refractivity contribution in [3.05, 3.63) is 42.4 Å². The van der Waals surface area contributed by atoms with E-state index in [0.717, 1.165) is 24.8 Å². The third kappa shape index (κ3) is 4.03. The molecule has 0 spiro atoms. The highest BCUT2D eigenvalue weighted by molar-refractivity contribution is 5.77. The van der Waals surface area contributed by atoms with Gasteiger partial charge in [0, 0.05) is 5.56 Å². The predicted octanol–water partition coefficient (Wildman–Crippen LogP) is 3.60. The topological polar surface area (TPSA) is 75.4 Å². The summed E-state index contributed by atoms with van der Waals surface area (Å²) >= 11 is 0. The number of aliphatic hydroxyl groups is 1. The zero-order valence-electron chi connectivity index (χ0n) is 14.0. The highest BCUT2D eigenvalue weighted by Crippen LogP contribution is 2.31. The van der Waals surface area contributed by atoms with Crippen LogP contribution in [0.3, 0.4) is 0 Å². The molecular weight excluding hydrogens is 304 g/mol. The Labute approximate surface area is 142 Å². The number of nitrogens with one attached hydrogen (secondary N) is 1. The molecule has 1 aliphatic rings. The first-order chi connectivity index (χ1) is 11.6. The summed E-state index contributed by atoms with van der Waals surface area (Å²) in [5.41, 5.74) is 0.0969. The van der Waals surface area contributed by atoms with Gasteiger partial charge in [-0.05, 0) is 19.8 Å². The molecule has 1 saturated carbocycles. The minimum Gasteiger partial charge on any atom is -0.438 e. The minimum atomic E-state index is -0.853. The molecule has 0 radical (unpaired) electrons. The quantitative estimate of drug-likeness (QED) is 0.879. The van der Waals surface area contributed by atoms with E-state index in [1.165, 1.54) is 0 Å². The predicted molar refractivity (Wildman–Crippen MR) is 91.1 cm³/mol. The molecule has 1 fully saturated rings. The first-order valence-electron chi connectivity index (χ1n) is 8.59. The largest absolute Gasteiger partial charge is 0.438 e. The Hall–Kier alpha value is -2.14. The number of nitrogens with zero attached hydrogens (tertiary/aromatic N) is 1. The fourth-order valence-corrected chi connectivity index (χ4v) is 3.26. The monoisotopic (exact) mass is 328 g/mol. The second-order valence-corrected chi connectivity index (χ2v) is 6.68. The summed E-state index contributed by atoms with van der Waals surface area (Å²) in [5.74, 6) is 0.988. The number of hydrogen-bond donors (Lipinski definition) is 2. The fourth-order valence-electron chi connectivity index (χ4n) is 3.26. The lowest BCUT2D eigenvalue weighted by molar-refractivity contribution is -0.128. The summed E-state index contributed by atoms with van der Waals surface area (Å²) in [6.45, 7) is 1.84. The van der Waals surface area contributed by atoms with E-state index in [1.807, 2.05) is 37.3 Å². The van der Waals surface area contributed by atoms with E-state index in [4.69, 9.17) is 4.42 Å². The molecule has 1 amide bonds. The van der Waals surface area contributed by atoms with E-state index >= 15 is 0 Å². The van der Waals surface area contributed by atoms with E-state index in [9.17, 15) is 9.90 Å². The van der Waals surface area contributed by atoms with Gasteiger partial charge in [0.2, 0.25) is 11.8 Å². The average Bonchev–Trinajstić information content (AvgIpc) is 3.06. The molecule has 3 rings (SSSR count). The molecule has 1 aliphatic carbocycles. The Morgan fingerprint density at radius 2 is 2.00 bits per heavy atom. The Morgan fingerprint density at radius 1 is 1.29 bits per heavy atom. The summed E-state index contributed by atoms with van der Waals surface area (Å²) in [5, 5.41) is 13.4. The van der Waals surface area contributed by atoms with Crippen molar-refractivity contribution >= 4 is 5.91 Å². The SMILES string of the molecule is CC(NC(=O)CC1(O)CCCCC1)c1ncc(-c2ccccc2)o1. The zero-order chi connectivity index (χ0) is 17.0. The number of carbonyl (C=O) groups is 1. The fraction of sp³-hybridized carbons (Fsp3) is 0.474. The smallest absolute Gasteiger partial charge is 0.223 e. The number of oxazole rings is 1. The van der Waals surface area contributed by atoms with Gasteiger partial charge < -0.3 is 14.8 Å². The van der Waals surface area contributed by atoms with Crippen LogP contribution in [0.25, 0.3) is 11.3 Å². The first-order valence-corrected chi connectivity index (χ1v) is 8.59. The molecule has 1 atom stereocenters. The van der Waals surface area contributed by atoms with Gasteiger partial charge in [0.25, 0.3) is 0 Å². The number of aromatic nitrogens is 1. The van der Waals surface area contributed by atoms with Gasteiger partial charge in [0.05, 0.1) is 18.2 Å². The third-order valence-corrected chi connectivity index (χ3v) is 4.60. The molecule has 2 N–H and O–H groups in total. The van der Waals surface area contributed by atoms with Gasteiger partial charge in [0.1, 0.15) is 6.04 Å². The Kier molecular flexibility index (Phi) is 5.00. The second kappa shape index (κ2) is 7.18. The van der Waals surface area contributed by atoms with Crippen LogP contribution in [0.4, 0.5) is 0 Å². The highest BCUT2D eigenvalue weighted by Gasteiger charge is 2.32. The number of benzene rings is 1. The summed E-state index contributed by atoms with van der Waals surface area (Å²) < 4.78 is 5.76. The standard InChI is InChI=1S/C19H24N2O3/c1-14(21-17(22)12-19(23)10-6-3-7-11-19)18-20-13-16(24-18)15-8-4-2-5-9-15/h2,4-5,8-9,13-14,23H,3,6-7,10-12H2,1H3,(H,21,22). The molecule has 0 aliphatic heterocycles. The van der Waals surface area contributed by atoms with Crippen molar-refractivity contribution in [2.45, 2.75) is 57.1 Å². The summed E-state index contributed by atoms with van der Waals surface area (Å²) in [4.78, 5) is 16.5. The normalized spacial score (nSPS) is 18.1. The Morgan fingerprint density at radius 3 is 2.71 bits per heavy atom. The zero-order valence-corrected chi connectivity index (χ0v) is 14.0. The molecule has 1 heterocycles. The van der Waals surface area contributed by atoms with Crippen LogP contribution in [0.5, 0.6) is 0 Å². The minimum absolute atomic E-state index is 0.142. The van der Waals surface area contributed by atoms with Crippen molar-refractivity contribution in [1.29, 1.82) is 0 Å². The molecule has 1 unspecified atom stereocenters. The van der Waals surface area contributed by atoms with Gasteiger partial charge in [-0.3, -0.25) is 4.79 Å². The molecule has 2 aromatic rings. The van der Waals surface area contributed by atoms with Crippen molar-refractivity contribution < 1.29 is 14.3 Å². The molecule has 5 heteroatoms. The maximum atomic E-state index is 12.2. The van der Waals surface area contributed by atoms with Crippen LogP contribution in [0.2, 0.25) is 0 Å². The van der Waals surface area contributed by atoms with Gasteiger partial charge in [-0.2, -0.15) is 0 Å². The molecule has 1 aromatic carbocycles. The number of hydrogen-bond acceptors (Lipinski definition) is 4. The van der Waals surface area contributed by atoms with E-state index in [2.05, 4.69) is 10.3 Å². The maximum absolute atomic E-state index is 12.2. The highest BCUT2D eigenvalue weighted by atomic mass is 16.4. The van der Waals surface area contributed by atoms with E-state index < -0.39 is 5.60 Å². The van der Waals surface area contributed by atoms with E-state index in [-0.39, 0.29) is 18.4 Å². The van der Waals surface area contributed by atoms with Crippen LogP contribution in [0, 0.1) is 0 Å². The van der Waals surface area contributed by atoms with Crippen molar-refractivity contribution in [3.63, 3.8) is 0 Å². The average molecular weight is 328 g/mol. The Bertz CT molecular complexity index is 675. The van der Waals surface area contributed by atoms with Gasteiger partial charge in [-0.15, -0.1) is 0 Å². The van der Waals surface area contributed by atoms with Gasteiger partial charge in [0.15, 0.2) is 5.76 Å². The van der Waals surface area contributed by atoms with E-state index in [0.29, 0.717) is 24.5 Å². The van der Waals surface area contributed by atoms with Crippen LogP contribution < -0.4 is 5.32 Å². The van der Waals surface area contributed by atoms with Crippen LogP contribution in [-0.4, -0.2) is 21.6 Å². The van der Waals surface area contributed by atoms with Crippen LogP contribution in [0.1, 0.15) is 57.4 Å². The third-order valence-electron chi connectivity index (χ3n) is 4.60. The molecule has 0 bridgehead atoms. The lowest BCUT2D eigenvalue weighted by Gasteiger charge is -2.31. The molecule has 24 heavy (non-hydrogen) atoms. The second-order valence-electron chi connectivity index (χ2n) is 6.68. The number of rotatable bonds is 5. The maximum Gasteiger partial charge on any atom is 0.223 e. The van der Waals surface area contributed by atoms with Gasteiger partial charge >= 0.3 is 0 Å². The van der Waals surface area contributed by atoms with Crippen molar-refractivity contribution in [1.82, 2.24) is 10.3 Å².